The fourth-order valence-electron chi connectivity index (χ4n) is 3.14. The molecule has 7 heteroatoms. The van der Waals surface area contributed by atoms with Crippen LogP contribution in [0.1, 0.15) is 30.1 Å². The van der Waals surface area contributed by atoms with E-state index in [0.717, 1.165) is 28.9 Å². The van der Waals surface area contributed by atoms with Crippen LogP contribution in [0, 0.1) is 0 Å². The van der Waals surface area contributed by atoms with Gasteiger partial charge in [-0.15, -0.1) is 10.2 Å². The molecule has 0 bridgehead atoms. The molecule has 1 amide bonds. The van der Waals surface area contributed by atoms with E-state index in [2.05, 4.69) is 32.2 Å². The quantitative estimate of drug-likeness (QED) is 0.572. The summed E-state index contributed by atoms with van der Waals surface area (Å²) in [6.45, 7) is 0.732. The maximum absolute atomic E-state index is 12.4. The first-order valence-corrected chi connectivity index (χ1v) is 10.8. The number of carbonyl (C=O) groups excluding carboxylic acids is 1. The molecule has 0 spiro atoms. The third kappa shape index (κ3) is 4.98. The fraction of sp³-hybridized carbons (Fsp3) is 0.318. The van der Waals surface area contributed by atoms with Crippen molar-refractivity contribution in [1.29, 1.82) is 0 Å². The number of nitrogens with one attached hydrogen (secondary N) is 1. The Morgan fingerprint density at radius 2 is 1.83 bits per heavy atom. The van der Waals surface area contributed by atoms with E-state index in [9.17, 15) is 4.79 Å². The second kappa shape index (κ2) is 8.69. The maximum Gasteiger partial charge on any atom is 0.234 e. The Bertz CT molecular complexity index is 965. The summed E-state index contributed by atoms with van der Waals surface area (Å²) in [5, 5.41) is 12.5. The number of nitrogens with zero attached hydrogens (tertiary/aromatic N) is 4. The number of hydrogen-bond acceptors (Lipinski definition) is 5. The van der Waals surface area contributed by atoms with E-state index < -0.39 is 0 Å². The number of carbonyl (C=O) groups is 1. The first-order chi connectivity index (χ1) is 14.1. The van der Waals surface area contributed by atoms with Crippen molar-refractivity contribution in [2.24, 2.45) is 0 Å². The zero-order chi connectivity index (χ0) is 20.2. The molecule has 0 atom stereocenters. The minimum atomic E-state index is -0.0464. The van der Waals surface area contributed by atoms with Crippen molar-refractivity contribution in [2.45, 2.75) is 30.5 Å². The van der Waals surface area contributed by atoms with Crippen molar-refractivity contribution in [3.63, 3.8) is 0 Å². The van der Waals surface area contributed by atoms with E-state index in [1.54, 1.807) is 0 Å². The van der Waals surface area contributed by atoms with E-state index in [0.29, 0.717) is 11.7 Å². The van der Waals surface area contributed by atoms with Crippen LogP contribution in [0.2, 0.25) is 0 Å². The number of anilines is 2. The Kier molecular flexibility index (Phi) is 5.85. The highest BCUT2D eigenvalue weighted by molar-refractivity contribution is 7.99. The summed E-state index contributed by atoms with van der Waals surface area (Å²) in [5.74, 6) is 1.79. The minimum absolute atomic E-state index is 0.0464. The second-order valence-corrected chi connectivity index (χ2v) is 8.41. The van der Waals surface area contributed by atoms with Gasteiger partial charge in [-0.3, -0.25) is 4.79 Å². The van der Waals surface area contributed by atoms with Gasteiger partial charge in [0.25, 0.3) is 0 Å². The van der Waals surface area contributed by atoms with Crippen LogP contribution in [0.25, 0.3) is 0 Å². The van der Waals surface area contributed by atoms with Crippen molar-refractivity contribution in [2.75, 3.05) is 30.1 Å². The Balaban J connectivity index is 1.40. The third-order valence-electron chi connectivity index (χ3n) is 4.87. The molecule has 29 heavy (non-hydrogen) atoms. The van der Waals surface area contributed by atoms with E-state index in [1.165, 1.54) is 30.2 Å². The second-order valence-electron chi connectivity index (χ2n) is 7.46. The van der Waals surface area contributed by atoms with Gasteiger partial charge in [0.2, 0.25) is 5.91 Å². The molecule has 1 aliphatic carbocycles. The van der Waals surface area contributed by atoms with Gasteiger partial charge in [-0.05, 0) is 42.7 Å². The predicted molar refractivity (Wildman–Crippen MR) is 118 cm³/mol. The van der Waals surface area contributed by atoms with Crippen molar-refractivity contribution < 1.29 is 4.79 Å². The molecule has 6 nitrogen and oxygen atoms in total. The fourth-order valence-corrected chi connectivity index (χ4v) is 3.88. The Morgan fingerprint density at radius 1 is 1.10 bits per heavy atom. The summed E-state index contributed by atoms with van der Waals surface area (Å²) in [4.78, 5) is 14.5. The van der Waals surface area contributed by atoms with Crippen molar-refractivity contribution in [1.82, 2.24) is 14.8 Å². The Hall–Kier alpha value is -2.80. The maximum atomic E-state index is 12.4. The van der Waals surface area contributed by atoms with Crippen LogP contribution >= 0.6 is 11.8 Å². The van der Waals surface area contributed by atoms with Gasteiger partial charge in [-0.2, -0.15) is 0 Å². The highest BCUT2D eigenvalue weighted by atomic mass is 32.2. The SMILES string of the molecule is CN(C)c1ccc(NC(=O)CSc2nnc(C3CC3)n2Cc2ccccc2)cc1. The molecule has 0 saturated heterocycles. The van der Waals surface area contributed by atoms with Gasteiger partial charge in [-0.25, -0.2) is 0 Å². The summed E-state index contributed by atoms with van der Waals surface area (Å²) < 4.78 is 2.16. The molecular formula is C22H25N5OS. The van der Waals surface area contributed by atoms with Crippen LogP contribution in [0.5, 0.6) is 0 Å². The van der Waals surface area contributed by atoms with Crippen LogP contribution in [0.15, 0.2) is 59.8 Å². The normalized spacial score (nSPS) is 13.3. The molecule has 1 aliphatic rings. The summed E-state index contributed by atoms with van der Waals surface area (Å²) in [6.07, 6.45) is 2.34. The zero-order valence-electron chi connectivity index (χ0n) is 16.7. The topological polar surface area (TPSA) is 63.1 Å². The van der Waals surface area contributed by atoms with E-state index in [-0.39, 0.29) is 5.91 Å². The number of aromatic nitrogens is 3. The predicted octanol–water partition coefficient (Wildman–Crippen LogP) is 4.00. The van der Waals surface area contributed by atoms with E-state index in [1.807, 2.05) is 61.5 Å². The highest BCUT2D eigenvalue weighted by Gasteiger charge is 2.30. The standard InChI is InChI=1S/C22H25N5OS/c1-26(2)19-12-10-18(11-13-19)23-20(28)15-29-22-25-24-21(17-8-9-17)27(22)14-16-6-4-3-5-7-16/h3-7,10-13,17H,8-9,14-15H2,1-2H3,(H,23,28). The average Bonchev–Trinajstić information content (AvgIpc) is 3.49. The van der Waals surface area contributed by atoms with Crippen molar-refractivity contribution >= 4 is 29.0 Å². The van der Waals surface area contributed by atoms with Crippen molar-refractivity contribution in [3.05, 3.63) is 66.0 Å². The van der Waals surface area contributed by atoms with E-state index >= 15 is 0 Å². The number of thioether (sulfide) groups is 1. The van der Waals surface area contributed by atoms with E-state index in [4.69, 9.17) is 0 Å². The molecule has 0 unspecified atom stereocenters. The van der Waals surface area contributed by atoms with Gasteiger partial charge in [0.1, 0.15) is 5.82 Å². The molecule has 1 heterocycles. The lowest BCUT2D eigenvalue weighted by Crippen LogP contribution is -2.15. The van der Waals surface area contributed by atoms with Gasteiger partial charge >= 0.3 is 0 Å². The largest absolute Gasteiger partial charge is 0.378 e. The minimum Gasteiger partial charge on any atom is -0.378 e. The Morgan fingerprint density at radius 3 is 2.48 bits per heavy atom. The molecule has 3 aromatic rings. The number of amides is 1. The summed E-state index contributed by atoms with van der Waals surface area (Å²) >= 11 is 1.44. The van der Waals surface area contributed by atoms with Gasteiger partial charge in [0, 0.05) is 31.4 Å². The number of rotatable bonds is 8. The summed E-state index contributed by atoms with van der Waals surface area (Å²) in [5.41, 5.74) is 3.10. The number of hydrogen-bond donors (Lipinski definition) is 1. The molecule has 2 aromatic carbocycles. The molecule has 1 fully saturated rings. The van der Waals surface area contributed by atoms with Crippen molar-refractivity contribution in [3.8, 4) is 0 Å². The molecule has 0 radical (unpaired) electrons. The molecule has 1 saturated carbocycles. The summed E-state index contributed by atoms with van der Waals surface area (Å²) in [6, 6.07) is 18.1. The zero-order valence-corrected chi connectivity index (χ0v) is 17.5. The van der Waals surface area contributed by atoms with Gasteiger partial charge in [-0.1, -0.05) is 42.1 Å². The lowest BCUT2D eigenvalue weighted by atomic mass is 10.2. The van der Waals surface area contributed by atoms with Gasteiger partial charge in [0.05, 0.1) is 12.3 Å². The molecule has 0 aliphatic heterocycles. The first-order valence-electron chi connectivity index (χ1n) is 9.77. The first kappa shape index (κ1) is 19.5. The monoisotopic (exact) mass is 407 g/mol. The van der Waals surface area contributed by atoms with Crippen LogP contribution in [0.4, 0.5) is 11.4 Å². The van der Waals surface area contributed by atoms with Gasteiger partial charge < -0.3 is 14.8 Å². The summed E-state index contributed by atoms with van der Waals surface area (Å²) in [7, 11) is 3.98. The van der Waals surface area contributed by atoms with Crippen LogP contribution in [-0.2, 0) is 11.3 Å². The molecular weight excluding hydrogens is 382 g/mol. The van der Waals surface area contributed by atoms with Crippen LogP contribution in [-0.4, -0.2) is 40.5 Å². The molecule has 4 rings (SSSR count). The molecule has 1 aromatic heterocycles. The van der Waals surface area contributed by atoms with Gasteiger partial charge in [0.15, 0.2) is 5.16 Å². The molecule has 150 valence electrons. The van der Waals surface area contributed by atoms with Crippen LogP contribution in [0.3, 0.4) is 0 Å². The third-order valence-corrected chi connectivity index (χ3v) is 5.84. The smallest absolute Gasteiger partial charge is 0.234 e. The highest BCUT2D eigenvalue weighted by Crippen LogP contribution is 2.40. The Labute approximate surface area is 175 Å². The molecule has 1 N–H and O–H groups in total. The lowest BCUT2D eigenvalue weighted by Gasteiger charge is -2.13. The average molecular weight is 408 g/mol. The van der Waals surface area contributed by atoms with Crippen LogP contribution < -0.4 is 10.2 Å². The number of benzene rings is 2. The lowest BCUT2D eigenvalue weighted by molar-refractivity contribution is -0.113.